The Kier molecular flexibility index (Phi) is 10.4. The monoisotopic (exact) mass is 891 g/mol. The number of fused-ring (bicyclic) bond motifs is 3. The Bertz CT molecular complexity index is 3460. The zero-order valence-electron chi connectivity index (χ0n) is 43.3. The molecule has 0 saturated heterocycles. The second-order valence-electron chi connectivity index (χ2n) is 24.8. The van der Waals surface area contributed by atoms with Gasteiger partial charge in [0.25, 0.3) is 0 Å². The number of hydrogen-bond acceptors (Lipinski definition) is 1. The number of benzene rings is 9. The third-order valence-corrected chi connectivity index (χ3v) is 14.7. The van der Waals surface area contributed by atoms with Crippen LogP contribution in [0.5, 0.6) is 0 Å². The molecule has 0 amide bonds. The molecule has 0 unspecified atom stereocenters. The third-order valence-electron chi connectivity index (χ3n) is 14.7. The van der Waals surface area contributed by atoms with Crippen LogP contribution in [0.1, 0.15) is 132 Å². The van der Waals surface area contributed by atoms with E-state index in [0.717, 1.165) is 17.1 Å². The first-order valence-corrected chi connectivity index (χ1v) is 24.8. The molecule has 0 saturated carbocycles. The highest BCUT2D eigenvalue weighted by atomic mass is 15.1. The van der Waals surface area contributed by atoms with E-state index < -0.39 is 0 Å². The van der Waals surface area contributed by atoms with Crippen molar-refractivity contribution in [3.05, 3.63) is 179 Å². The van der Waals surface area contributed by atoms with Crippen molar-refractivity contribution in [2.45, 2.75) is 131 Å². The molecule has 0 aliphatic rings. The van der Waals surface area contributed by atoms with Crippen molar-refractivity contribution in [2.24, 2.45) is 0 Å². The molecule has 0 fully saturated rings. The molecule has 10 rings (SSSR count). The molecular formula is C66H70N2. The predicted octanol–water partition coefficient (Wildman–Crippen LogP) is 19.3. The van der Waals surface area contributed by atoms with E-state index >= 15 is 0 Å². The van der Waals surface area contributed by atoms with Gasteiger partial charge in [-0.05, 0) is 148 Å². The van der Waals surface area contributed by atoms with Gasteiger partial charge in [-0.2, -0.15) is 0 Å². The summed E-state index contributed by atoms with van der Waals surface area (Å²) in [5.74, 6) is 0. The number of anilines is 3. The smallest absolute Gasteiger partial charge is 0.0541 e. The molecule has 1 aromatic heterocycles. The van der Waals surface area contributed by atoms with Crippen LogP contribution in [0, 0.1) is 0 Å². The summed E-state index contributed by atoms with van der Waals surface area (Å²) in [5, 5.41) is 10.2. The molecule has 1 heterocycles. The fourth-order valence-electron chi connectivity index (χ4n) is 10.6. The maximum Gasteiger partial charge on any atom is 0.0541 e. The molecule has 0 bridgehead atoms. The van der Waals surface area contributed by atoms with E-state index in [0.29, 0.717) is 0 Å². The van der Waals surface area contributed by atoms with Crippen LogP contribution in [0.3, 0.4) is 0 Å². The first-order valence-electron chi connectivity index (χ1n) is 24.8. The number of nitrogens with zero attached hydrogens (tertiary/aromatic N) is 2. The second kappa shape index (κ2) is 15.6. The molecular weight excluding hydrogens is 821 g/mol. The van der Waals surface area contributed by atoms with Crippen molar-refractivity contribution in [3.8, 4) is 16.8 Å². The number of para-hydroxylation sites is 1. The maximum absolute atomic E-state index is 2.53. The van der Waals surface area contributed by atoms with Crippen molar-refractivity contribution < 1.29 is 0 Å². The first-order chi connectivity index (χ1) is 31.9. The Hall–Kier alpha value is -6.38. The second-order valence-corrected chi connectivity index (χ2v) is 24.8. The normalized spacial score (nSPS) is 13.2. The van der Waals surface area contributed by atoms with E-state index in [-0.39, 0.29) is 27.1 Å². The highest BCUT2D eigenvalue weighted by molar-refractivity contribution is 6.27. The van der Waals surface area contributed by atoms with E-state index in [1.54, 1.807) is 0 Å². The van der Waals surface area contributed by atoms with Gasteiger partial charge in [-0.3, -0.25) is 0 Å². The lowest BCUT2D eigenvalue weighted by atomic mass is 9.76. The molecule has 68 heavy (non-hydrogen) atoms. The molecule has 0 aliphatic heterocycles. The minimum Gasteiger partial charge on any atom is -0.310 e. The van der Waals surface area contributed by atoms with Gasteiger partial charge in [0.05, 0.1) is 22.4 Å². The summed E-state index contributed by atoms with van der Waals surface area (Å²) in [6.45, 7) is 34.9. The summed E-state index contributed by atoms with van der Waals surface area (Å²) in [4.78, 5) is 2.49. The van der Waals surface area contributed by atoms with Gasteiger partial charge in [0, 0.05) is 32.9 Å². The van der Waals surface area contributed by atoms with E-state index in [4.69, 9.17) is 0 Å². The van der Waals surface area contributed by atoms with Crippen molar-refractivity contribution in [3.63, 3.8) is 0 Å². The highest BCUT2D eigenvalue weighted by Crippen LogP contribution is 2.48. The number of rotatable bonds is 5. The summed E-state index contributed by atoms with van der Waals surface area (Å²) in [6.07, 6.45) is 0. The van der Waals surface area contributed by atoms with Crippen molar-refractivity contribution in [1.82, 2.24) is 4.57 Å². The lowest BCUT2D eigenvalue weighted by Gasteiger charge is -2.31. The number of hydrogen-bond donors (Lipinski definition) is 0. The van der Waals surface area contributed by atoms with Gasteiger partial charge in [-0.25, -0.2) is 0 Å². The zero-order valence-corrected chi connectivity index (χ0v) is 43.3. The fourth-order valence-corrected chi connectivity index (χ4v) is 10.6. The van der Waals surface area contributed by atoms with Crippen LogP contribution in [-0.4, -0.2) is 4.57 Å². The van der Waals surface area contributed by atoms with Crippen LogP contribution in [0.2, 0.25) is 0 Å². The summed E-state index contributed by atoms with van der Waals surface area (Å²) in [7, 11) is 0. The minimum atomic E-state index is -0.0735. The minimum absolute atomic E-state index is 0.000295. The Morgan fingerprint density at radius 2 is 0.853 bits per heavy atom. The van der Waals surface area contributed by atoms with Gasteiger partial charge in [0.15, 0.2) is 0 Å². The zero-order chi connectivity index (χ0) is 48.5. The Morgan fingerprint density at radius 1 is 0.353 bits per heavy atom. The fraction of sp³-hybridized carbons (Fsp3) is 0.303. The Labute approximate surface area is 406 Å². The van der Waals surface area contributed by atoms with Crippen molar-refractivity contribution >= 4 is 71.2 Å². The molecule has 0 atom stereocenters. The quantitative estimate of drug-likeness (QED) is 0.156. The predicted molar refractivity (Wildman–Crippen MR) is 298 cm³/mol. The van der Waals surface area contributed by atoms with Crippen LogP contribution in [0.15, 0.2) is 152 Å². The summed E-state index contributed by atoms with van der Waals surface area (Å²) >= 11 is 0. The van der Waals surface area contributed by atoms with E-state index in [1.807, 2.05) is 0 Å². The largest absolute Gasteiger partial charge is 0.310 e. The van der Waals surface area contributed by atoms with Crippen LogP contribution < -0.4 is 4.90 Å². The lowest BCUT2D eigenvalue weighted by molar-refractivity contribution is 0.568. The average molecular weight is 891 g/mol. The van der Waals surface area contributed by atoms with Gasteiger partial charge in [-0.1, -0.05) is 195 Å². The Balaban J connectivity index is 1.23. The highest BCUT2D eigenvalue weighted by Gasteiger charge is 2.28. The van der Waals surface area contributed by atoms with Crippen LogP contribution >= 0.6 is 0 Å². The summed E-state index contributed by atoms with van der Waals surface area (Å²) in [5.41, 5.74) is 16.4. The van der Waals surface area contributed by atoms with Gasteiger partial charge in [0.1, 0.15) is 0 Å². The maximum atomic E-state index is 2.53. The Morgan fingerprint density at radius 3 is 1.38 bits per heavy atom. The molecule has 0 N–H and O–H groups in total. The SMILES string of the molecule is CC(C)(C)c1cc(-c2cc(N(c3ccccc3)c3ccc4ccc5c(-n6c7ccc(C(C)(C)C)cc7c7cc(C(C)(C)C)ccc76)ccc6ccc3c4c65)ccc2C(C)(C)C)cc(C(C)(C)C)c1. The summed E-state index contributed by atoms with van der Waals surface area (Å²) in [6, 6.07) is 58.6. The average Bonchev–Trinajstić information content (AvgIpc) is 3.60. The topological polar surface area (TPSA) is 8.17 Å². The molecule has 0 aliphatic carbocycles. The van der Waals surface area contributed by atoms with Crippen molar-refractivity contribution in [2.75, 3.05) is 4.90 Å². The molecule has 9 aromatic carbocycles. The standard InChI is InChI=1S/C66H70N2/c1-62(2,3)44-25-33-58-53(38-44)54-39-45(63(4,5)6)26-34-59(54)68(58)57-32-24-42-21-28-50-56(31-23-41-22-29-51(57)61(42)60(41)50)67(48-19-17-16-18-20-48)49-27-30-55(66(13,14)15)52(40-49)43-35-46(64(7,8)9)37-47(36-43)65(10,11)12/h16-40H,1-15H3. The van der Waals surface area contributed by atoms with Crippen LogP contribution in [0.4, 0.5) is 17.1 Å². The van der Waals surface area contributed by atoms with Crippen molar-refractivity contribution in [1.29, 1.82) is 0 Å². The molecule has 0 spiro atoms. The van der Waals surface area contributed by atoms with Crippen LogP contribution in [-0.2, 0) is 27.1 Å². The van der Waals surface area contributed by atoms with Gasteiger partial charge in [-0.15, -0.1) is 0 Å². The van der Waals surface area contributed by atoms with Gasteiger partial charge < -0.3 is 9.47 Å². The van der Waals surface area contributed by atoms with E-state index in [9.17, 15) is 0 Å². The third kappa shape index (κ3) is 7.75. The van der Waals surface area contributed by atoms with E-state index in [2.05, 4.69) is 265 Å². The molecule has 2 nitrogen and oxygen atoms in total. The lowest BCUT2D eigenvalue weighted by Crippen LogP contribution is -2.18. The van der Waals surface area contributed by atoms with E-state index in [1.165, 1.54) is 98.8 Å². The number of aromatic nitrogens is 1. The molecule has 10 aromatic rings. The summed E-state index contributed by atoms with van der Waals surface area (Å²) < 4.78 is 2.53. The van der Waals surface area contributed by atoms with Gasteiger partial charge in [0.2, 0.25) is 0 Å². The van der Waals surface area contributed by atoms with Gasteiger partial charge >= 0.3 is 0 Å². The van der Waals surface area contributed by atoms with Crippen LogP contribution in [0.25, 0.3) is 70.9 Å². The molecule has 344 valence electrons. The molecule has 2 heteroatoms. The first kappa shape index (κ1) is 45.4. The molecule has 0 radical (unpaired) electrons.